The van der Waals surface area contributed by atoms with E-state index in [-0.39, 0.29) is 18.0 Å². The molecule has 0 aliphatic rings. The van der Waals surface area contributed by atoms with Gasteiger partial charge in [-0.3, -0.25) is 9.59 Å². The molecule has 0 fully saturated rings. The second-order valence-corrected chi connectivity index (χ2v) is 8.32. The number of anilines is 1. The van der Waals surface area contributed by atoms with E-state index in [0.717, 1.165) is 34.3 Å². The van der Waals surface area contributed by atoms with E-state index in [1.54, 1.807) is 6.20 Å². The van der Waals surface area contributed by atoms with Crippen molar-refractivity contribution in [2.75, 3.05) is 5.32 Å². The SMILES string of the molecule is CCc1cccc(NC(=O)Cn2ncc3c(C)n(Cc4cccc(Cl)c4)c(C)c3c2=O)c1. The van der Waals surface area contributed by atoms with Crippen molar-refractivity contribution in [3.63, 3.8) is 0 Å². The number of aryl methyl sites for hydroxylation is 3. The Hall–Kier alpha value is -3.38. The first-order chi connectivity index (χ1) is 15.4. The average molecular weight is 449 g/mol. The number of benzene rings is 2. The number of rotatable bonds is 6. The summed E-state index contributed by atoms with van der Waals surface area (Å²) in [5.41, 5.74) is 4.41. The van der Waals surface area contributed by atoms with Crippen LogP contribution in [0.1, 0.15) is 29.4 Å². The minimum Gasteiger partial charge on any atom is -0.343 e. The molecular weight excluding hydrogens is 424 g/mol. The van der Waals surface area contributed by atoms with Crippen molar-refractivity contribution in [3.05, 3.63) is 92.6 Å². The first-order valence-electron chi connectivity index (χ1n) is 10.6. The highest BCUT2D eigenvalue weighted by atomic mass is 35.5. The van der Waals surface area contributed by atoms with Crippen LogP contribution >= 0.6 is 11.6 Å². The average Bonchev–Trinajstić information content (AvgIpc) is 3.01. The van der Waals surface area contributed by atoms with Crippen LogP contribution in [-0.4, -0.2) is 20.3 Å². The molecule has 0 aliphatic carbocycles. The summed E-state index contributed by atoms with van der Waals surface area (Å²) in [4.78, 5) is 25.8. The van der Waals surface area contributed by atoms with Gasteiger partial charge >= 0.3 is 0 Å². The van der Waals surface area contributed by atoms with Gasteiger partial charge in [0.1, 0.15) is 6.54 Å². The topological polar surface area (TPSA) is 68.9 Å². The zero-order valence-corrected chi connectivity index (χ0v) is 19.1. The number of carbonyl (C=O) groups is 1. The van der Waals surface area contributed by atoms with Crippen molar-refractivity contribution in [2.45, 2.75) is 40.3 Å². The number of aromatic nitrogens is 3. The molecule has 2 aromatic carbocycles. The minimum atomic E-state index is -0.292. The largest absolute Gasteiger partial charge is 0.343 e. The lowest BCUT2D eigenvalue weighted by Crippen LogP contribution is -2.29. The first-order valence-corrected chi connectivity index (χ1v) is 10.9. The number of nitrogens with one attached hydrogen (secondary N) is 1. The van der Waals surface area contributed by atoms with Crippen molar-refractivity contribution < 1.29 is 4.79 Å². The normalized spacial score (nSPS) is 11.1. The van der Waals surface area contributed by atoms with Crippen LogP contribution in [0.4, 0.5) is 5.69 Å². The Morgan fingerprint density at radius 2 is 1.81 bits per heavy atom. The Morgan fingerprint density at radius 1 is 1.06 bits per heavy atom. The molecule has 4 rings (SSSR count). The van der Waals surface area contributed by atoms with Crippen molar-refractivity contribution >= 4 is 34.0 Å². The van der Waals surface area contributed by atoms with E-state index >= 15 is 0 Å². The molecule has 164 valence electrons. The highest BCUT2D eigenvalue weighted by Gasteiger charge is 2.17. The smallest absolute Gasteiger partial charge is 0.276 e. The van der Waals surface area contributed by atoms with Crippen LogP contribution in [0, 0.1) is 13.8 Å². The van der Waals surface area contributed by atoms with Gasteiger partial charge < -0.3 is 9.88 Å². The van der Waals surface area contributed by atoms with E-state index in [4.69, 9.17) is 11.6 Å². The molecule has 0 radical (unpaired) electrons. The molecule has 0 saturated carbocycles. The van der Waals surface area contributed by atoms with Crippen molar-refractivity contribution in [1.29, 1.82) is 0 Å². The fourth-order valence-corrected chi connectivity index (χ4v) is 4.23. The predicted octanol–water partition coefficient (Wildman–Crippen LogP) is 4.72. The Morgan fingerprint density at radius 3 is 2.56 bits per heavy atom. The Balaban J connectivity index is 1.63. The van der Waals surface area contributed by atoms with Crippen LogP contribution in [0.25, 0.3) is 10.8 Å². The van der Waals surface area contributed by atoms with Gasteiger partial charge in [-0.25, -0.2) is 4.68 Å². The van der Waals surface area contributed by atoms with E-state index in [1.807, 2.05) is 62.4 Å². The van der Waals surface area contributed by atoms with Crippen LogP contribution in [0.2, 0.25) is 5.02 Å². The number of nitrogens with zero attached hydrogens (tertiary/aromatic N) is 3. The maximum Gasteiger partial charge on any atom is 0.276 e. The summed E-state index contributed by atoms with van der Waals surface area (Å²) < 4.78 is 3.30. The Kier molecular flexibility index (Phi) is 6.15. The molecule has 6 nitrogen and oxygen atoms in total. The molecule has 1 N–H and O–H groups in total. The van der Waals surface area contributed by atoms with Crippen molar-refractivity contribution in [2.24, 2.45) is 0 Å². The van der Waals surface area contributed by atoms with E-state index in [0.29, 0.717) is 22.6 Å². The molecule has 2 heterocycles. The summed E-state index contributed by atoms with van der Waals surface area (Å²) in [5.74, 6) is -0.292. The molecule has 2 aromatic heterocycles. The molecule has 0 atom stereocenters. The number of carbonyl (C=O) groups excluding carboxylic acids is 1. The molecule has 1 amide bonds. The summed E-state index contributed by atoms with van der Waals surface area (Å²) in [5, 5.41) is 9.17. The Labute approximate surface area is 191 Å². The molecule has 0 unspecified atom stereocenters. The third kappa shape index (κ3) is 4.32. The number of amides is 1. The third-order valence-corrected chi connectivity index (χ3v) is 5.98. The first kappa shape index (κ1) is 21.8. The van der Waals surface area contributed by atoms with Crippen LogP contribution in [-0.2, 0) is 24.3 Å². The zero-order chi connectivity index (χ0) is 22.8. The van der Waals surface area contributed by atoms with Gasteiger partial charge in [-0.05, 0) is 55.7 Å². The fourth-order valence-electron chi connectivity index (χ4n) is 4.02. The number of fused-ring (bicyclic) bond motifs is 1. The predicted molar refractivity (Wildman–Crippen MR) is 128 cm³/mol. The van der Waals surface area contributed by atoms with Gasteiger partial charge in [0.05, 0.1) is 11.6 Å². The summed E-state index contributed by atoms with van der Waals surface area (Å²) in [6.45, 7) is 6.40. The van der Waals surface area contributed by atoms with Gasteiger partial charge in [-0.15, -0.1) is 0 Å². The quantitative estimate of drug-likeness (QED) is 0.464. The zero-order valence-electron chi connectivity index (χ0n) is 18.4. The second-order valence-electron chi connectivity index (χ2n) is 7.89. The highest BCUT2D eigenvalue weighted by molar-refractivity contribution is 6.30. The molecule has 32 heavy (non-hydrogen) atoms. The van der Waals surface area contributed by atoms with Gasteiger partial charge in [-0.1, -0.05) is 42.8 Å². The molecule has 0 spiro atoms. The molecule has 7 heteroatoms. The summed E-state index contributed by atoms with van der Waals surface area (Å²) >= 11 is 6.13. The molecular formula is C25H25ClN4O2. The fraction of sp³-hybridized carbons (Fsp3) is 0.240. The van der Waals surface area contributed by atoms with Gasteiger partial charge in [0.2, 0.25) is 5.91 Å². The maximum atomic E-state index is 13.2. The number of hydrogen-bond acceptors (Lipinski definition) is 3. The van der Waals surface area contributed by atoms with Crippen molar-refractivity contribution in [3.8, 4) is 0 Å². The summed E-state index contributed by atoms with van der Waals surface area (Å²) in [6, 6.07) is 15.3. The van der Waals surface area contributed by atoms with E-state index in [1.165, 1.54) is 4.68 Å². The highest BCUT2D eigenvalue weighted by Crippen LogP contribution is 2.24. The number of halogens is 1. The van der Waals surface area contributed by atoms with Gasteiger partial charge in [-0.2, -0.15) is 5.10 Å². The molecule has 4 aromatic rings. The van der Waals surface area contributed by atoms with Crippen LogP contribution in [0.15, 0.2) is 59.5 Å². The Bertz CT molecular complexity index is 1370. The monoisotopic (exact) mass is 448 g/mol. The molecule has 0 bridgehead atoms. The van der Waals surface area contributed by atoms with Crippen LogP contribution in [0.3, 0.4) is 0 Å². The molecule has 0 aliphatic heterocycles. The van der Waals surface area contributed by atoms with Crippen molar-refractivity contribution in [1.82, 2.24) is 14.3 Å². The van der Waals surface area contributed by atoms with Gasteiger partial charge in [0.15, 0.2) is 0 Å². The minimum absolute atomic E-state index is 0.150. The third-order valence-electron chi connectivity index (χ3n) is 5.75. The summed E-state index contributed by atoms with van der Waals surface area (Å²) in [6.07, 6.45) is 2.55. The van der Waals surface area contributed by atoms with E-state index in [9.17, 15) is 9.59 Å². The van der Waals surface area contributed by atoms with E-state index in [2.05, 4.69) is 21.9 Å². The lowest BCUT2D eigenvalue weighted by molar-refractivity contribution is -0.117. The standard InChI is InChI=1S/C25H25ClN4O2/c1-4-18-7-6-10-21(12-18)28-23(31)15-30-25(32)24-17(3)29(16(2)22(24)13-27-30)14-19-8-5-9-20(26)11-19/h5-13H,4,14-15H2,1-3H3,(H,28,31). The van der Waals surface area contributed by atoms with Gasteiger partial charge in [0.25, 0.3) is 5.56 Å². The molecule has 0 saturated heterocycles. The summed E-state index contributed by atoms with van der Waals surface area (Å²) in [7, 11) is 0. The van der Waals surface area contributed by atoms with Gasteiger partial charge in [0, 0.05) is 34.0 Å². The number of hydrogen-bond donors (Lipinski definition) is 1. The lowest BCUT2D eigenvalue weighted by Gasteiger charge is -2.09. The van der Waals surface area contributed by atoms with Crippen LogP contribution in [0.5, 0.6) is 0 Å². The maximum absolute atomic E-state index is 13.2. The lowest BCUT2D eigenvalue weighted by atomic mass is 10.1. The second kappa shape index (κ2) is 9.01. The van der Waals surface area contributed by atoms with Crippen LogP contribution < -0.4 is 10.9 Å². The van der Waals surface area contributed by atoms with E-state index < -0.39 is 0 Å².